The Labute approximate surface area is 830 Å². The number of rotatable bonds is 12. The summed E-state index contributed by atoms with van der Waals surface area (Å²) in [5.41, 5.74) is 29.9. The van der Waals surface area contributed by atoms with E-state index in [0.29, 0.717) is 23.0 Å². The largest absolute Gasteiger partial charge is 0.458 e. The van der Waals surface area contributed by atoms with Gasteiger partial charge in [-0.2, -0.15) is 0 Å². The number of hydrogen-bond acceptors (Lipinski definition) is 4. The Balaban J connectivity index is 0.000000132. The highest BCUT2D eigenvalue weighted by Crippen LogP contribution is 2.48. The molecule has 30 aromatic rings. The van der Waals surface area contributed by atoms with Gasteiger partial charge in [0, 0.05) is 180 Å². The van der Waals surface area contributed by atoms with Crippen LogP contribution in [0.3, 0.4) is 0 Å². The average molecular weight is 1850 g/mol. The molecule has 22 aromatic carbocycles. The Kier molecular flexibility index (Phi) is 17.5. The van der Waals surface area contributed by atoms with Gasteiger partial charge in [-0.15, -0.1) is 0 Å². The fourth-order valence-electron chi connectivity index (χ4n) is 24.3. The minimum Gasteiger partial charge on any atom is -0.458 e. The van der Waals surface area contributed by atoms with Gasteiger partial charge in [-0.3, -0.25) is 0 Å². The van der Waals surface area contributed by atoms with Crippen LogP contribution in [0, 0.1) is 0 Å². The predicted molar refractivity (Wildman–Crippen MR) is 598 cm³/mol. The third kappa shape index (κ3) is 12.3. The zero-order chi connectivity index (χ0) is 94.7. The topological polar surface area (TPSA) is 76.4 Å². The number of hydrogen-bond donors (Lipinski definition) is 0. The molecule has 145 heavy (non-hydrogen) atoms. The highest BCUT2D eigenvalue weighted by atomic mass is 16.5. The smallest absolute Gasteiger partial charge is 0.260 e. The Bertz CT molecular complexity index is 10500. The molecule has 2 aliphatic heterocycles. The van der Waals surface area contributed by atoms with Gasteiger partial charge in [0.05, 0.1) is 99.6 Å². The molecule has 32 rings (SSSR count). The normalized spacial score (nSPS) is 12.4. The molecule has 2 aliphatic rings. The lowest BCUT2D eigenvalue weighted by Crippen LogP contribution is -2.57. The zero-order valence-corrected chi connectivity index (χ0v) is 78.1. The van der Waals surface area contributed by atoms with E-state index in [1.165, 1.54) is 108 Å². The first-order valence-electron chi connectivity index (χ1n) is 49.4. The molecule has 0 saturated carbocycles. The fourth-order valence-corrected chi connectivity index (χ4v) is 24.3. The molecule has 0 bridgehead atoms. The van der Waals surface area contributed by atoms with Gasteiger partial charge in [-0.05, 0) is 169 Å². The van der Waals surface area contributed by atoms with Crippen LogP contribution >= 0.6 is 0 Å². The van der Waals surface area contributed by atoms with Crippen molar-refractivity contribution in [1.29, 1.82) is 0 Å². The minimum absolute atomic E-state index is 0.141. The monoisotopic (exact) mass is 1850 g/mol. The van der Waals surface area contributed by atoms with Gasteiger partial charge in [0.2, 0.25) is 0 Å². The van der Waals surface area contributed by atoms with Crippen LogP contribution in [-0.4, -0.2) is 43.2 Å². The molecule has 0 radical (unpaired) electrons. The summed E-state index contributed by atoms with van der Waals surface area (Å²) in [6.07, 6.45) is 0. The van der Waals surface area contributed by atoms with Crippen LogP contribution in [0.15, 0.2) is 491 Å². The quantitative estimate of drug-likeness (QED) is 0.114. The summed E-state index contributed by atoms with van der Waals surface area (Å²) in [5.74, 6) is 5.97. The molecule has 13 heteroatoms. The second-order valence-corrected chi connectivity index (χ2v) is 38.1. The van der Waals surface area contributed by atoms with E-state index >= 15 is 0 Å². The van der Waals surface area contributed by atoms with E-state index in [2.05, 4.69) is 510 Å². The Morgan fingerprint density at radius 2 is 0.331 bits per heavy atom. The minimum atomic E-state index is -0.141. The molecular weight excluding hydrogens is 1770 g/mol. The van der Waals surface area contributed by atoms with Gasteiger partial charge in [-0.25, -0.2) is 0 Å². The third-order valence-electron chi connectivity index (χ3n) is 30.3. The van der Waals surface area contributed by atoms with Crippen molar-refractivity contribution in [1.82, 2.24) is 36.5 Å². The average Bonchev–Trinajstić information content (AvgIpc) is 1.06. The van der Waals surface area contributed by atoms with Gasteiger partial charge in [-0.1, -0.05) is 279 Å². The zero-order valence-electron chi connectivity index (χ0n) is 78.1. The van der Waals surface area contributed by atoms with Gasteiger partial charge in [0.1, 0.15) is 46.0 Å². The van der Waals surface area contributed by atoms with Crippen LogP contribution in [-0.2, 0) is 0 Å². The van der Waals surface area contributed by atoms with Gasteiger partial charge in [0.25, 0.3) is 6.71 Å². The first kappa shape index (κ1) is 80.5. The molecule has 0 amide bonds. The highest BCUT2D eigenvalue weighted by Gasteiger charge is 2.42. The van der Waals surface area contributed by atoms with Crippen molar-refractivity contribution in [3.8, 4) is 91.5 Å². The van der Waals surface area contributed by atoms with Crippen molar-refractivity contribution in [2.75, 3.05) is 0 Å². The lowest BCUT2D eigenvalue weighted by atomic mass is 9.35. The predicted octanol–water partition coefficient (Wildman–Crippen LogP) is 32.5. The molecule has 8 aromatic heterocycles. The molecule has 676 valence electrons. The molecular formula is C132H81BN8O4. The molecule has 0 aliphatic carbocycles. The number of benzene rings is 22. The highest BCUT2D eigenvalue weighted by molar-refractivity contribution is 6.98. The Morgan fingerprint density at radius 1 is 0.138 bits per heavy atom. The van der Waals surface area contributed by atoms with E-state index in [9.17, 15) is 0 Å². The lowest BCUT2D eigenvalue weighted by molar-refractivity contribution is 0.460. The van der Waals surface area contributed by atoms with Crippen molar-refractivity contribution < 1.29 is 18.9 Å². The number of para-hydroxylation sites is 14. The standard InChI is InChI=1S/C66H39BN4O2.C66H42N4O2/c1-8-22-54-44(15-1)45-16-2-9-23-55(45)68(54)40-31-34-61-51(35-40)50-21-7-14-28-60(50)70(61)42-30-33-53-63(37-42)73-65-39-43(71-58-26-12-5-19-48(58)49-20-6-13-27-59(49)71)38-64-66(65)67(53)52-32-29-41(36-62(52)72-64)69-56-24-10-3-17-46(56)47-18-4-11-25-57(47)69;1-8-28-59-51(21-1)52-22-2-9-29-60(52)67(59)43-17-15-19-47(37-43)71-49-39-46(70-63-32-12-5-25-55(63)56-26-6-13-33-64(56)70)40-50(42-49)72-48-20-16-18-44(38-48)68-65-34-14-7-27-57(65)58-41-45(35-36-66(58)68)69-61-30-10-3-23-53(61)54-24-4-11-31-62(54)69/h1-39H;1-42H. The van der Waals surface area contributed by atoms with Crippen LogP contribution in [0.1, 0.15) is 0 Å². The van der Waals surface area contributed by atoms with Gasteiger partial charge < -0.3 is 55.5 Å². The van der Waals surface area contributed by atoms with Crippen LogP contribution < -0.4 is 35.3 Å². The van der Waals surface area contributed by atoms with E-state index in [0.717, 1.165) is 151 Å². The summed E-state index contributed by atoms with van der Waals surface area (Å²) in [6, 6.07) is 176. The second-order valence-electron chi connectivity index (χ2n) is 38.1. The first-order chi connectivity index (χ1) is 71.9. The number of ether oxygens (including phenoxy) is 4. The molecule has 0 fully saturated rings. The lowest BCUT2D eigenvalue weighted by Gasteiger charge is -2.34. The maximum absolute atomic E-state index is 7.28. The second kappa shape index (κ2) is 31.5. The van der Waals surface area contributed by atoms with Crippen molar-refractivity contribution in [2.24, 2.45) is 0 Å². The summed E-state index contributed by atoms with van der Waals surface area (Å²) in [7, 11) is 0. The molecule has 0 atom stereocenters. The summed E-state index contributed by atoms with van der Waals surface area (Å²) in [5, 5.41) is 19.4. The summed E-state index contributed by atoms with van der Waals surface area (Å²) in [6.45, 7) is -0.141. The number of aromatic nitrogens is 8. The Morgan fingerprint density at radius 3 is 0.593 bits per heavy atom. The van der Waals surface area contributed by atoms with Gasteiger partial charge in [0.15, 0.2) is 0 Å². The van der Waals surface area contributed by atoms with Crippen LogP contribution in [0.2, 0.25) is 0 Å². The third-order valence-corrected chi connectivity index (χ3v) is 30.3. The molecule has 12 nitrogen and oxygen atoms in total. The molecule has 0 N–H and O–H groups in total. The molecule has 0 spiro atoms. The van der Waals surface area contributed by atoms with E-state index < -0.39 is 0 Å². The van der Waals surface area contributed by atoms with Crippen LogP contribution in [0.5, 0.6) is 46.0 Å². The molecule has 10 heterocycles. The fraction of sp³-hybridized carbons (Fsp3) is 0. The van der Waals surface area contributed by atoms with E-state index in [1.54, 1.807) is 0 Å². The van der Waals surface area contributed by atoms with Crippen molar-refractivity contribution in [2.45, 2.75) is 0 Å². The van der Waals surface area contributed by atoms with Crippen LogP contribution in [0.25, 0.3) is 220 Å². The van der Waals surface area contributed by atoms with Crippen molar-refractivity contribution >= 4 is 198 Å². The first-order valence-corrected chi connectivity index (χ1v) is 49.4. The van der Waals surface area contributed by atoms with E-state index in [1.807, 2.05) is 18.2 Å². The summed E-state index contributed by atoms with van der Waals surface area (Å²) in [4.78, 5) is 0. The van der Waals surface area contributed by atoms with Crippen molar-refractivity contribution in [3.05, 3.63) is 491 Å². The summed E-state index contributed by atoms with van der Waals surface area (Å²) < 4.78 is 47.3. The van der Waals surface area contributed by atoms with Gasteiger partial charge >= 0.3 is 0 Å². The maximum Gasteiger partial charge on any atom is 0.260 e. The maximum atomic E-state index is 7.28. The number of nitrogens with zero attached hydrogens (tertiary/aromatic N) is 8. The SMILES string of the molecule is c1cc(Oc2cc(Oc3cccc(-n4c5ccccc5c5cc(-n6c7ccccc7c7ccccc76)ccc54)c3)cc(-n3c4ccccc4c4ccccc43)c2)cc(-n2c3ccccc3c3ccccc32)c1.c1ccc2c(c1)c1ccccc1n2-c1ccc2c(c1)Oc1cc(-n3c4ccccc4c4ccccc43)cc3c1B2c1ccc(-n2c4ccccc4c4cc(-n5c6ccccc6c6ccccc65)ccc42)cc1O3. The Hall–Kier alpha value is -19.5. The molecule has 0 unspecified atom stereocenters. The van der Waals surface area contributed by atoms with Crippen molar-refractivity contribution in [3.63, 3.8) is 0 Å². The summed E-state index contributed by atoms with van der Waals surface area (Å²) >= 11 is 0. The van der Waals surface area contributed by atoms with E-state index in [4.69, 9.17) is 18.9 Å². The van der Waals surface area contributed by atoms with Crippen LogP contribution in [0.4, 0.5) is 0 Å². The van der Waals surface area contributed by atoms with E-state index in [-0.39, 0.29) is 6.71 Å². The number of fused-ring (bicyclic) bond motifs is 28. The molecule has 0 saturated heterocycles.